The Morgan fingerprint density at radius 3 is 1.22 bits per heavy atom. The van der Waals surface area contributed by atoms with Crippen LogP contribution in [0.4, 0.5) is 13.2 Å². The molecule has 0 spiro atoms. The molecule has 24 heteroatoms. The van der Waals surface area contributed by atoms with Crippen LogP contribution in [0.25, 0.3) is 66.4 Å². The molecule has 9 atom stereocenters. The van der Waals surface area contributed by atoms with Crippen molar-refractivity contribution in [3.05, 3.63) is 166 Å². The standard InChI is InChI=1S/C22H26N2O2.C21H26N2O.C20H24N2O.C20H22N2O.C4H9F3Si.Al.Cs.FH.Li.Mn.2O.4H/c1-3-22-11-7-12-23-13-10-16-15-8-5-6-9-17(15)24(19(16)20(22)23)18(14-22)21(25)26-4-2;1-3-21-10-6-11-22-12-9-16-15-7-4-5-8-17(15)23(19(16)20(21)22)18(13-21)14(2)24;2*1-2-20-9-5-10-21-11-8-16-15-6-3-4-7-17(15)22(14(12-20)13-23)18(16)19(20)21;1-8(2,3)4(5,6)7;;;;;;;;;;;/h5-6,8-9,14,20H,3-4,7,10-13H2,1-2H3;4-5,7-8,13-14,20,24H,3,6,9-12H2,1-2H3;3-4,6-7,12,19,23H,2,5,8-11,13H2,1H3;3-4,6-7,12-13,19H,2,5,8-11H2,1H3;1-3H3;;;1H;;;;;;;;/q;;;;;;+1;;+1;;;;;;;-1/p-1/t20-,22+;14?,20-,21+;2*19-,20+;;;;;;;;;;;;/m1111............/s1. The zero-order valence-corrected chi connectivity index (χ0v) is 74.8. The van der Waals surface area contributed by atoms with Gasteiger partial charge in [-0.1, -0.05) is 132 Å². The molecule has 16 heterocycles. The molecule has 111 heavy (non-hydrogen) atoms. The maximum atomic E-state index is 12.9. The van der Waals surface area contributed by atoms with Crippen molar-refractivity contribution in [2.24, 2.45) is 21.7 Å². The van der Waals surface area contributed by atoms with Gasteiger partial charge >= 0.3 is 122 Å². The minimum absolute atomic E-state index is 0. The molecule has 0 saturated carbocycles. The fourth-order valence-corrected chi connectivity index (χ4v) is 22.2. The molecule has 4 saturated heterocycles. The van der Waals surface area contributed by atoms with Gasteiger partial charge in [-0.15, -0.1) is 0 Å². The molecule has 0 amide bonds. The number of hydrogen-bond donors (Lipinski definition) is 2. The van der Waals surface area contributed by atoms with Gasteiger partial charge in [-0.25, -0.2) is 4.79 Å². The number of fused-ring (bicyclic) bond motifs is 12. The second kappa shape index (κ2) is 35.0. The number of para-hydroxylation sites is 4. The molecule has 585 valence electrons. The van der Waals surface area contributed by atoms with Crippen LogP contribution in [-0.4, -0.2) is 163 Å². The number of aromatic nitrogens is 4. The van der Waals surface area contributed by atoms with E-state index < -0.39 is 34.8 Å². The van der Waals surface area contributed by atoms with Gasteiger partial charge in [0.05, 0.1) is 71.2 Å². The predicted molar refractivity (Wildman–Crippen MR) is 428 cm³/mol. The molecule has 8 aromatic rings. The van der Waals surface area contributed by atoms with Crippen molar-refractivity contribution in [1.82, 2.24) is 37.9 Å². The number of rotatable bonds is 9. The summed E-state index contributed by atoms with van der Waals surface area (Å²) in [6.07, 6.45) is 28.7. The summed E-state index contributed by atoms with van der Waals surface area (Å²) in [5.41, 5.74) is 20.9. The van der Waals surface area contributed by atoms with Crippen LogP contribution in [0.1, 0.15) is 189 Å². The molecule has 15 nitrogen and oxygen atoms in total. The number of hydrogen-bond acceptors (Lipinski definition) is 11. The molecule has 0 radical (unpaired) electrons. The first-order valence-corrected chi connectivity index (χ1v) is 44.3. The Kier molecular flexibility index (Phi) is 27.7. The van der Waals surface area contributed by atoms with Crippen molar-refractivity contribution in [3.63, 3.8) is 0 Å². The van der Waals surface area contributed by atoms with E-state index in [9.17, 15) is 33.0 Å². The van der Waals surface area contributed by atoms with E-state index in [1.165, 1.54) is 180 Å². The molecule has 1 unspecified atom stereocenters. The average Bonchev–Trinajstić information content (AvgIpc) is 1.52. The Labute approximate surface area is 741 Å². The monoisotopic (exact) mass is 1710 g/mol. The molecule has 4 aromatic carbocycles. The van der Waals surface area contributed by atoms with Crippen molar-refractivity contribution < 1.29 is 154 Å². The van der Waals surface area contributed by atoms with E-state index >= 15 is 0 Å². The Morgan fingerprint density at radius 1 is 0.550 bits per heavy atom. The van der Waals surface area contributed by atoms with Crippen LogP contribution in [0, 0.1) is 21.7 Å². The third kappa shape index (κ3) is 14.7. The molecule has 4 fully saturated rings. The molecule has 4 aromatic heterocycles. The minimum atomic E-state index is -3.92. The molecule has 20 rings (SSSR count). The summed E-state index contributed by atoms with van der Waals surface area (Å²) in [4.78, 5) is 35.6. The van der Waals surface area contributed by atoms with E-state index in [-0.39, 0.29) is 145 Å². The number of nitrogens with zero attached hydrogens (tertiary/aromatic N) is 8. The van der Waals surface area contributed by atoms with Gasteiger partial charge in [-0.05, 0) is 201 Å². The summed E-state index contributed by atoms with van der Waals surface area (Å²) < 4.78 is 66.4. The van der Waals surface area contributed by atoms with E-state index in [4.69, 9.17) is 12.4 Å². The molecular formula is C87H111AlCsF4LiMnN8O7Si. The third-order valence-corrected chi connectivity index (χ3v) is 28.9. The number of halogens is 4. The molecule has 0 aliphatic carbocycles. The summed E-state index contributed by atoms with van der Waals surface area (Å²) in [5, 5.41) is 26.1. The van der Waals surface area contributed by atoms with Crippen molar-refractivity contribution in [1.29, 1.82) is 0 Å². The Bertz CT molecular complexity index is 4970. The third-order valence-electron chi connectivity index (χ3n) is 27.2. The van der Waals surface area contributed by atoms with Gasteiger partial charge in [-0.2, -0.15) is 13.2 Å². The van der Waals surface area contributed by atoms with E-state index in [0.717, 1.165) is 112 Å². The van der Waals surface area contributed by atoms with Gasteiger partial charge in [0.1, 0.15) is 5.70 Å². The van der Waals surface area contributed by atoms with Crippen molar-refractivity contribution in [2.45, 2.75) is 200 Å². The van der Waals surface area contributed by atoms with Crippen molar-refractivity contribution in [2.75, 3.05) is 65.6 Å². The SMILES string of the molecule is CCOC(=O)C1=C[C@]2(CC)CCCN3CCc4c(n1c1ccccc41)[C@@H]32.CC[C@@]12C=C(C(C)O)n3c4c(c5ccccc53)CCN(CCC1)[C@H]42.CC[C@@]12C=C(C=O)n3c4c(c5ccccc53)CCN(CCC1)[C@H]42.CC[C@@]12C=C(CO)n3c4c(c5ccccc53)CCN(CCC1)[C@H]42.C[Si](C)(C)C(F)(F)F.[AlH3].[Cs+].[F-].[H-].[Li+].[O]=[Mn]=[O]. The van der Waals surface area contributed by atoms with E-state index in [1.807, 2.05) is 13.8 Å². The summed E-state index contributed by atoms with van der Waals surface area (Å²) in [6.45, 7) is 26.8. The van der Waals surface area contributed by atoms with E-state index in [2.05, 4.69) is 187 Å². The topological polar surface area (TPSA) is 151 Å². The van der Waals surface area contributed by atoms with Gasteiger partial charge in [0.15, 0.2) is 31.7 Å². The number of allylic oxidation sites excluding steroid dienone is 1. The normalized spacial score (nSPS) is 26.2. The molecule has 0 bridgehead atoms. The first-order chi connectivity index (χ1) is 51.6. The van der Waals surface area contributed by atoms with Crippen LogP contribution in [0.3, 0.4) is 0 Å². The zero-order valence-electron chi connectivity index (χ0n) is 67.3. The summed E-state index contributed by atoms with van der Waals surface area (Å²) >= 11 is -1.44. The number of aliphatic hydroxyl groups excluding tert-OH is 2. The summed E-state index contributed by atoms with van der Waals surface area (Å²) in [5.74, 6) is -4.11. The van der Waals surface area contributed by atoms with Crippen LogP contribution in [0.5, 0.6) is 0 Å². The first kappa shape index (κ1) is 88.0. The second-order valence-electron chi connectivity index (χ2n) is 33.2. The number of esters is 1. The van der Waals surface area contributed by atoms with E-state index in [1.54, 1.807) is 0 Å². The number of piperidine rings is 4. The van der Waals surface area contributed by atoms with Crippen LogP contribution in [0.15, 0.2) is 121 Å². The van der Waals surface area contributed by atoms with Gasteiger partial charge in [-0.3, -0.25) is 24.4 Å². The summed E-state index contributed by atoms with van der Waals surface area (Å²) in [7, 11) is -2.86. The number of carbonyl (C=O) groups is 2. The molecule has 12 aliphatic rings. The van der Waals surface area contributed by atoms with Gasteiger partial charge < -0.3 is 39.3 Å². The Balaban J connectivity index is 0.000000150. The van der Waals surface area contributed by atoms with Crippen LogP contribution >= 0.6 is 0 Å². The van der Waals surface area contributed by atoms with Gasteiger partial charge in [0, 0.05) is 104 Å². The number of aldehydes is 1. The van der Waals surface area contributed by atoms with Crippen LogP contribution < -0.4 is 92.5 Å². The fourth-order valence-electron chi connectivity index (χ4n) is 22.2. The fraction of sp³-hybridized carbons (Fsp3) is 0.517. The first-order valence-electron chi connectivity index (χ1n) is 39.8. The number of carbonyl (C=O) groups excluding carboxylic acids is 2. The predicted octanol–water partition coefficient (Wildman–Crippen LogP) is 7.60. The Morgan fingerprint density at radius 2 is 0.865 bits per heavy atom. The molecular weight excluding hydrogens is 1590 g/mol. The number of benzene rings is 4. The van der Waals surface area contributed by atoms with Gasteiger partial charge in [0.25, 0.3) is 0 Å². The molecule has 2 N–H and O–H groups in total. The maximum absolute atomic E-state index is 12.9. The van der Waals surface area contributed by atoms with E-state index in [0.29, 0.717) is 30.8 Å². The van der Waals surface area contributed by atoms with Crippen LogP contribution in [-0.2, 0) is 62.5 Å². The van der Waals surface area contributed by atoms with Crippen molar-refractivity contribution in [3.8, 4) is 0 Å². The quantitative estimate of drug-likeness (QED) is 0.0637. The molecule has 12 aliphatic heterocycles. The average molecular weight is 1710 g/mol. The number of ether oxygens (including phenoxy) is 1. The second-order valence-corrected chi connectivity index (χ2v) is 38.4. The number of alkyl halides is 3. The van der Waals surface area contributed by atoms with Crippen molar-refractivity contribution >= 4 is 104 Å². The van der Waals surface area contributed by atoms with Gasteiger partial charge in [0.2, 0.25) is 0 Å². The number of aliphatic hydroxyl groups is 2. The zero-order chi connectivity index (χ0) is 75.3. The summed E-state index contributed by atoms with van der Waals surface area (Å²) in [6, 6.07) is 36.4. The van der Waals surface area contributed by atoms with Crippen LogP contribution in [0.2, 0.25) is 19.6 Å². The Hall–Kier alpha value is -3.86.